The van der Waals surface area contributed by atoms with Crippen LogP contribution >= 0.6 is 0 Å². The Morgan fingerprint density at radius 1 is 1.29 bits per heavy atom. The molecule has 7 nitrogen and oxygen atoms in total. The van der Waals surface area contributed by atoms with Crippen LogP contribution < -0.4 is 0 Å². The van der Waals surface area contributed by atoms with Gasteiger partial charge in [-0.3, -0.25) is 4.90 Å². The molecule has 130 valence electrons. The van der Waals surface area contributed by atoms with Crippen LogP contribution in [0.5, 0.6) is 0 Å². The minimum atomic E-state index is -3.71. The van der Waals surface area contributed by atoms with Crippen molar-refractivity contribution in [2.45, 2.75) is 30.2 Å². The van der Waals surface area contributed by atoms with Crippen molar-refractivity contribution in [2.24, 2.45) is 0 Å². The summed E-state index contributed by atoms with van der Waals surface area (Å²) in [5.74, 6) is 0. The molecule has 0 saturated carbocycles. The maximum Gasteiger partial charge on any atom is 0.246 e. The summed E-state index contributed by atoms with van der Waals surface area (Å²) in [5, 5.41) is 9.19. The van der Waals surface area contributed by atoms with Crippen molar-refractivity contribution in [3.63, 3.8) is 0 Å². The molecule has 0 spiro atoms. The molecular weight excluding hydrogens is 328 g/mol. The lowest BCUT2D eigenvalue weighted by Gasteiger charge is -2.38. The molecule has 0 N–H and O–H groups in total. The first-order valence-electron chi connectivity index (χ1n) is 8.30. The fourth-order valence-electron chi connectivity index (χ4n) is 3.36. The zero-order chi connectivity index (χ0) is 17.0. The highest BCUT2D eigenvalue weighted by molar-refractivity contribution is 7.89. The predicted molar refractivity (Wildman–Crippen MR) is 87.7 cm³/mol. The van der Waals surface area contributed by atoms with Crippen molar-refractivity contribution in [2.75, 3.05) is 39.4 Å². The maximum absolute atomic E-state index is 13.1. The van der Waals surface area contributed by atoms with Gasteiger partial charge >= 0.3 is 0 Å². The van der Waals surface area contributed by atoms with Crippen molar-refractivity contribution >= 4 is 10.0 Å². The minimum Gasteiger partial charge on any atom is -0.379 e. The number of rotatable bonds is 4. The van der Waals surface area contributed by atoms with Crippen LogP contribution in [0, 0.1) is 11.3 Å². The maximum atomic E-state index is 13.1. The molecule has 1 unspecified atom stereocenters. The van der Waals surface area contributed by atoms with E-state index in [4.69, 9.17) is 4.74 Å². The standard InChI is InChI=1S/C16H22N4O3S/c17-12-15-16(5-3-6-18-15)24(21,22)20-7-2-1-4-14(20)13-19-8-10-23-11-9-19/h3,5-6,14H,1-2,4,7-11,13H2. The molecule has 2 fully saturated rings. The molecule has 0 amide bonds. The Kier molecular flexibility index (Phi) is 5.46. The molecule has 8 heteroatoms. The van der Waals surface area contributed by atoms with E-state index in [1.165, 1.54) is 12.3 Å². The molecule has 1 aromatic rings. The Labute approximate surface area is 142 Å². The van der Waals surface area contributed by atoms with Gasteiger partial charge in [0.15, 0.2) is 5.69 Å². The van der Waals surface area contributed by atoms with Crippen LogP contribution in [-0.4, -0.2) is 68.0 Å². The number of piperidine rings is 1. The Hall–Kier alpha value is -1.53. The summed E-state index contributed by atoms with van der Waals surface area (Å²) in [4.78, 5) is 6.18. The summed E-state index contributed by atoms with van der Waals surface area (Å²) >= 11 is 0. The van der Waals surface area contributed by atoms with Crippen LogP contribution in [0.2, 0.25) is 0 Å². The zero-order valence-corrected chi connectivity index (χ0v) is 14.4. The highest BCUT2D eigenvalue weighted by atomic mass is 32.2. The molecule has 0 aliphatic carbocycles. The molecule has 2 aliphatic heterocycles. The number of morpholine rings is 1. The first-order valence-corrected chi connectivity index (χ1v) is 9.74. The van der Waals surface area contributed by atoms with Crippen LogP contribution in [0.15, 0.2) is 23.2 Å². The smallest absolute Gasteiger partial charge is 0.246 e. The van der Waals surface area contributed by atoms with Crippen molar-refractivity contribution < 1.29 is 13.2 Å². The van der Waals surface area contributed by atoms with Crippen LogP contribution in [0.4, 0.5) is 0 Å². The fourth-order valence-corrected chi connectivity index (χ4v) is 5.14. The molecule has 1 atom stereocenters. The first kappa shape index (κ1) is 17.3. The summed E-state index contributed by atoms with van der Waals surface area (Å²) in [5.41, 5.74) is -0.0341. The van der Waals surface area contributed by atoms with Crippen molar-refractivity contribution in [3.05, 3.63) is 24.0 Å². The summed E-state index contributed by atoms with van der Waals surface area (Å²) < 4.78 is 33.2. The van der Waals surface area contributed by atoms with Gasteiger partial charge in [-0.05, 0) is 25.0 Å². The molecule has 24 heavy (non-hydrogen) atoms. The number of ether oxygens (including phenoxy) is 1. The average molecular weight is 350 g/mol. The van der Waals surface area contributed by atoms with E-state index in [0.717, 1.165) is 32.4 Å². The summed E-state index contributed by atoms with van der Waals surface area (Å²) in [6.45, 7) is 4.27. The van der Waals surface area contributed by atoms with Crippen LogP contribution in [-0.2, 0) is 14.8 Å². The number of nitrogens with zero attached hydrogens (tertiary/aromatic N) is 4. The van der Waals surface area contributed by atoms with E-state index in [-0.39, 0.29) is 16.6 Å². The minimum absolute atomic E-state index is 0.0152. The SMILES string of the molecule is N#Cc1ncccc1S(=O)(=O)N1CCCCC1CN1CCOCC1. The van der Waals surface area contributed by atoms with Crippen LogP contribution in [0.25, 0.3) is 0 Å². The van der Waals surface area contributed by atoms with Crippen LogP contribution in [0.3, 0.4) is 0 Å². The van der Waals surface area contributed by atoms with Gasteiger partial charge in [0.2, 0.25) is 10.0 Å². The third-order valence-electron chi connectivity index (χ3n) is 4.61. The van der Waals surface area contributed by atoms with E-state index in [9.17, 15) is 13.7 Å². The van der Waals surface area contributed by atoms with Gasteiger partial charge in [0.05, 0.1) is 13.2 Å². The quantitative estimate of drug-likeness (QED) is 0.799. The molecule has 1 aromatic heterocycles. The van der Waals surface area contributed by atoms with Crippen molar-refractivity contribution in [1.82, 2.24) is 14.2 Å². The Morgan fingerprint density at radius 3 is 2.83 bits per heavy atom. The third-order valence-corrected chi connectivity index (χ3v) is 6.59. The van der Waals surface area contributed by atoms with E-state index >= 15 is 0 Å². The van der Waals surface area contributed by atoms with Gasteiger partial charge in [-0.15, -0.1) is 0 Å². The van der Waals surface area contributed by atoms with Gasteiger partial charge in [0.25, 0.3) is 0 Å². The highest BCUT2D eigenvalue weighted by Gasteiger charge is 2.36. The van der Waals surface area contributed by atoms with Gasteiger partial charge in [-0.2, -0.15) is 9.57 Å². The number of nitriles is 1. The molecule has 2 aliphatic rings. The second-order valence-electron chi connectivity index (χ2n) is 6.14. The lowest BCUT2D eigenvalue weighted by Crippen LogP contribution is -2.51. The summed E-state index contributed by atoms with van der Waals surface area (Å²) in [6.07, 6.45) is 4.16. The third kappa shape index (κ3) is 3.59. The van der Waals surface area contributed by atoms with Gasteiger partial charge in [0.1, 0.15) is 11.0 Å². The average Bonchev–Trinajstić information content (AvgIpc) is 2.63. The number of sulfonamides is 1. The van der Waals surface area contributed by atoms with E-state index in [1.54, 1.807) is 10.4 Å². The first-order chi connectivity index (χ1) is 11.6. The summed E-state index contributed by atoms with van der Waals surface area (Å²) in [6, 6.07) is 4.87. The normalized spacial score (nSPS) is 23.7. The highest BCUT2D eigenvalue weighted by Crippen LogP contribution is 2.27. The van der Waals surface area contributed by atoms with Gasteiger partial charge in [0, 0.05) is 38.4 Å². The van der Waals surface area contributed by atoms with Gasteiger partial charge in [-0.1, -0.05) is 6.42 Å². The van der Waals surface area contributed by atoms with E-state index < -0.39 is 10.0 Å². The number of hydrogen-bond acceptors (Lipinski definition) is 6. The second kappa shape index (κ2) is 7.57. The zero-order valence-electron chi connectivity index (χ0n) is 13.6. The number of pyridine rings is 1. The molecule has 0 aromatic carbocycles. The fraction of sp³-hybridized carbons (Fsp3) is 0.625. The second-order valence-corrected chi connectivity index (χ2v) is 8.00. The lowest BCUT2D eigenvalue weighted by atomic mass is 10.0. The topological polar surface area (TPSA) is 86.5 Å². The monoisotopic (exact) mass is 350 g/mol. The number of hydrogen-bond donors (Lipinski definition) is 0. The molecule has 3 heterocycles. The molecule has 0 bridgehead atoms. The Bertz CT molecular complexity index is 710. The van der Waals surface area contributed by atoms with E-state index in [2.05, 4.69) is 9.88 Å². The van der Waals surface area contributed by atoms with E-state index in [0.29, 0.717) is 26.3 Å². The molecule has 3 rings (SSSR count). The molecule has 2 saturated heterocycles. The van der Waals surface area contributed by atoms with Crippen LogP contribution in [0.1, 0.15) is 25.0 Å². The Morgan fingerprint density at radius 2 is 2.08 bits per heavy atom. The van der Waals surface area contributed by atoms with Crippen molar-refractivity contribution in [1.29, 1.82) is 5.26 Å². The molecule has 0 radical (unpaired) electrons. The number of aromatic nitrogens is 1. The van der Waals surface area contributed by atoms with Gasteiger partial charge < -0.3 is 4.74 Å². The van der Waals surface area contributed by atoms with Gasteiger partial charge in [-0.25, -0.2) is 13.4 Å². The van der Waals surface area contributed by atoms with Crippen molar-refractivity contribution in [3.8, 4) is 6.07 Å². The predicted octanol–water partition coefficient (Wildman–Crippen LogP) is 0.829. The lowest BCUT2D eigenvalue weighted by molar-refractivity contribution is 0.0262. The Balaban J connectivity index is 1.85. The summed E-state index contributed by atoms with van der Waals surface area (Å²) in [7, 11) is -3.71. The molecular formula is C16H22N4O3S. The van der Waals surface area contributed by atoms with E-state index in [1.807, 2.05) is 6.07 Å². The largest absolute Gasteiger partial charge is 0.379 e.